The first kappa shape index (κ1) is 14.1. The van der Waals surface area contributed by atoms with E-state index >= 15 is 0 Å². The first-order valence-corrected chi connectivity index (χ1v) is 10.1. The zero-order chi connectivity index (χ0) is 16.4. The van der Waals surface area contributed by atoms with Crippen LogP contribution in [0.15, 0.2) is 11.6 Å². The van der Waals surface area contributed by atoms with Gasteiger partial charge in [-0.1, -0.05) is 19.4 Å². The van der Waals surface area contributed by atoms with E-state index in [0.29, 0.717) is 23.0 Å². The number of carbonyl (C=O) groups excluding carboxylic acids is 1. The van der Waals surface area contributed by atoms with Crippen LogP contribution in [0.5, 0.6) is 0 Å². The molecule has 0 bridgehead atoms. The predicted molar refractivity (Wildman–Crippen MR) is 94.8 cm³/mol. The third-order valence-corrected chi connectivity index (χ3v) is 9.68. The number of nitriles is 1. The summed E-state index contributed by atoms with van der Waals surface area (Å²) >= 11 is 0. The van der Waals surface area contributed by atoms with Gasteiger partial charge in [0.05, 0.1) is 12.0 Å². The lowest BCUT2D eigenvalue weighted by Gasteiger charge is -2.58. The molecule has 24 heavy (non-hydrogen) atoms. The van der Waals surface area contributed by atoms with Gasteiger partial charge in [-0.2, -0.15) is 5.26 Å². The molecule has 5 fully saturated rings. The molecule has 0 aromatic rings. The summed E-state index contributed by atoms with van der Waals surface area (Å²) in [4.78, 5) is 12.0. The van der Waals surface area contributed by atoms with E-state index in [1.165, 1.54) is 31.3 Å². The van der Waals surface area contributed by atoms with Crippen molar-refractivity contribution in [2.75, 3.05) is 0 Å². The first-order valence-electron chi connectivity index (χ1n) is 10.1. The summed E-state index contributed by atoms with van der Waals surface area (Å²) in [6, 6.07) is 2.73. The lowest BCUT2D eigenvalue weighted by molar-refractivity contribution is -0.118. The molecule has 0 N–H and O–H groups in total. The molecule has 5 saturated carbocycles. The molecule has 2 heteroatoms. The topological polar surface area (TPSA) is 40.9 Å². The molecule has 0 aromatic heterocycles. The van der Waals surface area contributed by atoms with Crippen LogP contribution in [0.1, 0.15) is 55.2 Å². The second kappa shape index (κ2) is 4.00. The molecule has 6 rings (SSSR count). The molecule has 0 spiro atoms. The van der Waals surface area contributed by atoms with Gasteiger partial charge in [-0.05, 0) is 90.4 Å². The molecular weight excluding hydrogens is 294 g/mol. The molecule has 0 heterocycles. The Balaban J connectivity index is 0.000000841. The summed E-state index contributed by atoms with van der Waals surface area (Å²) in [5.41, 5.74) is 2.11. The second-order valence-electron chi connectivity index (χ2n) is 10.4. The molecule has 6 aliphatic carbocycles. The van der Waals surface area contributed by atoms with Crippen molar-refractivity contribution >= 4 is 5.78 Å². The van der Waals surface area contributed by atoms with Crippen molar-refractivity contribution in [2.45, 2.75) is 52.4 Å². The van der Waals surface area contributed by atoms with Crippen LogP contribution in [0.2, 0.25) is 0 Å². The number of fused-ring (bicyclic) bond motifs is 10. The van der Waals surface area contributed by atoms with Crippen molar-refractivity contribution in [1.82, 2.24) is 0 Å². The monoisotopic (exact) mass is 325 g/mol. The summed E-state index contributed by atoms with van der Waals surface area (Å²) in [7, 11) is 0. The molecule has 10 atom stereocenters. The van der Waals surface area contributed by atoms with Gasteiger partial charge in [-0.3, -0.25) is 4.79 Å². The summed E-state index contributed by atoms with van der Waals surface area (Å²) in [6.07, 6.45) is 9.11. The summed E-state index contributed by atoms with van der Waals surface area (Å²) in [5, 5.41) is 9.81. The van der Waals surface area contributed by atoms with E-state index in [1.54, 1.807) is 0 Å². The predicted octanol–water partition coefficient (Wildman–Crippen LogP) is 4.86. The smallest absolute Gasteiger partial charge is 0.155 e. The van der Waals surface area contributed by atoms with Crippen LogP contribution in [-0.4, -0.2) is 5.78 Å². The Bertz CT molecular complexity index is 741. The van der Waals surface area contributed by atoms with Crippen LogP contribution in [-0.2, 0) is 4.79 Å². The van der Waals surface area contributed by atoms with Crippen LogP contribution >= 0.6 is 0 Å². The highest BCUT2D eigenvalue weighted by atomic mass is 16.1. The van der Waals surface area contributed by atoms with Gasteiger partial charge < -0.3 is 0 Å². The maximum absolute atomic E-state index is 12.0. The van der Waals surface area contributed by atoms with Crippen LogP contribution in [0.25, 0.3) is 0 Å². The highest BCUT2D eigenvalue weighted by Gasteiger charge is 2.74. The van der Waals surface area contributed by atoms with E-state index in [9.17, 15) is 10.1 Å². The number of rotatable bonds is 0. The minimum Gasteiger partial charge on any atom is -0.295 e. The maximum atomic E-state index is 12.0. The summed E-state index contributed by atoms with van der Waals surface area (Å²) in [6.45, 7) is 4.95. The van der Waals surface area contributed by atoms with Gasteiger partial charge >= 0.3 is 0 Å². The number of ketones is 1. The van der Waals surface area contributed by atoms with Crippen LogP contribution in [0.3, 0.4) is 0 Å². The van der Waals surface area contributed by atoms with E-state index in [4.69, 9.17) is 0 Å². The fourth-order valence-corrected chi connectivity index (χ4v) is 8.59. The van der Waals surface area contributed by atoms with Crippen molar-refractivity contribution in [1.29, 1.82) is 5.26 Å². The SMILES string of the molecule is C[C@]12CCC(=O)C=C1[C@@H]1C[C@@H]1[C@H]1[C@@H]3[C@@H]4CC4C(C#N)[C@@]3(C)CC[C@@H]12.[HH].[HH]. The Morgan fingerprint density at radius 2 is 2.04 bits per heavy atom. The van der Waals surface area contributed by atoms with E-state index in [1.807, 2.05) is 0 Å². The number of nitrogens with zero attached hydrogens (tertiary/aromatic N) is 1. The zero-order valence-electron chi connectivity index (χ0n) is 14.8. The Kier molecular flexibility index (Phi) is 2.35. The van der Waals surface area contributed by atoms with Crippen molar-refractivity contribution in [3.8, 4) is 6.07 Å². The third kappa shape index (κ3) is 1.40. The molecule has 6 aliphatic rings. The van der Waals surface area contributed by atoms with E-state index in [0.717, 1.165) is 48.3 Å². The minimum atomic E-state index is 0. The third-order valence-electron chi connectivity index (χ3n) is 9.68. The number of allylic oxidation sites excluding steroid dienone is 1. The summed E-state index contributed by atoms with van der Waals surface area (Å²) < 4.78 is 0. The summed E-state index contributed by atoms with van der Waals surface area (Å²) in [5.74, 6) is 6.24. The fourth-order valence-electron chi connectivity index (χ4n) is 8.59. The molecule has 2 unspecified atom stereocenters. The molecular formula is C22H31NO. The Morgan fingerprint density at radius 1 is 1.21 bits per heavy atom. The van der Waals surface area contributed by atoms with Gasteiger partial charge in [0.25, 0.3) is 0 Å². The van der Waals surface area contributed by atoms with Gasteiger partial charge in [-0.25, -0.2) is 0 Å². The van der Waals surface area contributed by atoms with Crippen molar-refractivity contribution in [3.05, 3.63) is 11.6 Å². The normalized spacial score (nSPS) is 62.2. The highest BCUT2D eigenvalue weighted by molar-refractivity contribution is 5.92. The molecule has 0 radical (unpaired) electrons. The van der Waals surface area contributed by atoms with E-state index < -0.39 is 0 Å². The largest absolute Gasteiger partial charge is 0.295 e. The fraction of sp³-hybridized carbons (Fsp3) is 0.818. The Hall–Kier alpha value is -1.10. The highest BCUT2D eigenvalue weighted by Crippen LogP contribution is 2.79. The van der Waals surface area contributed by atoms with Crippen molar-refractivity contribution < 1.29 is 7.65 Å². The van der Waals surface area contributed by atoms with Crippen LogP contribution in [0.4, 0.5) is 0 Å². The molecule has 0 aromatic carbocycles. The van der Waals surface area contributed by atoms with Gasteiger partial charge in [0, 0.05) is 9.27 Å². The zero-order valence-corrected chi connectivity index (χ0v) is 14.8. The maximum Gasteiger partial charge on any atom is 0.155 e. The average Bonchev–Trinajstić information content (AvgIpc) is 3.44. The molecule has 0 saturated heterocycles. The van der Waals surface area contributed by atoms with E-state index in [2.05, 4.69) is 26.0 Å². The van der Waals surface area contributed by atoms with Crippen LogP contribution < -0.4 is 0 Å². The lowest BCUT2D eigenvalue weighted by Crippen LogP contribution is -2.52. The van der Waals surface area contributed by atoms with Gasteiger partial charge in [0.1, 0.15) is 0 Å². The molecule has 2 nitrogen and oxygen atoms in total. The Labute approximate surface area is 147 Å². The molecule has 0 amide bonds. The molecule has 0 aliphatic heterocycles. The number of hydrogen-bond acceptors (Lipinski definition) is 2. The average molecular weight is 325 g/mol. The number of carbonyl (C=O) groups is 1. The Morgan fingerprint density at radius 3 is 2.83 bits per heavy atom. The lowest BCUT2D eigenvalue weighted by atomic mass is 9.46. The quantitative estimate of drug-likeness (QED) is 0.638. The van der Waals surface area contributed by atoms with Gasteiger partial charge in [0.15, 0.2) is 5.78 Å². The number of hydrogen-bond donors (Lipinski definition) is 0. The van der Waals surface area contributed by atoms with Crippen LogP contribution in [0, 0.1) is 69.5 Å². The molecule has 130 valence electrons. The van der Waals surface area contributed by atoms with Crippen molar-refractivity contribution in [2.24, 2.45) is 58.2 Å². The van der Waals surface area contributed by atoms with Gasteiger partial charge in [-0.15, -0.1) is 0 Å². The minimum absolute atomic E-state index is 0. The van der Waals surface area contributed by atoms with Crippen molar-refractivity contribution in [3.63, 3.8) is 0 Å². The van der Waals surface area contributed by atoms with Gasteiger partial charge in [0.2, 0.25) is 0 Å². The standard InChI is InChI=1S/C22H27NO.2H2/c1-21-5-3-11(24)7-17(21)12-8-14(12)19-16(21)4-6-22(2)18(10-23)13-9-15(13)20(19)22;;/h7,12-16,18-20H,3-6,8-9H2,1-2H3;2*1H/t12-,13?,14+,15-,16+,18?,19-,20+,21-,22-;;/m1../s1. The first-order chi connectivity index (χ1) is 11.5. The van der Waals surface area contributed by atoms with E-state index in [-0.39, 0.29) is 8.27 Å². The second-order valence-corrected chi connectivity index (χ2v) is 10.4.